The second-order valence-corrected chi connectivity index (χ2v) is 5.94. The van der Waals surface area contributed by atoms with Gasteiger partial charge in [0.1, 0.15) is 0 Å². The Balaban J connectivity index is 1.96. The Hall–Kier alpha value is -2.17. The van der Waals surface area contributed by atoms with E-state index < -0.39 is 66.8 Å². The number of amides is 1. The fourth-order valence-electron chi connectivity index (χ4n) is 2.98. The van der Waals surface area contributed by atoms with E-state index in [1.807, 2.05) is 0 Å². The second kappa shape index (κ2) is 8.97. The van der Waals surface area contributed by atoms with Crippen LogP contribution in [0.5, 0.6) is 0 Å². The molecule has 0 aromatic heterocycles. The van der Waals surface area contributed by atoms with Crippen LogP contribution in [0.2, 0.25) is 0 Å². The first kappa shape index (κ1) is 9.67. The molecule has 4 heteroatoms. The van der Waals surface area contributed by atoms with E-state index in [-0.39, 0.29) is 31.5 Å². The number of anilines is 1. The van der Waals surface area contributed by atoms with Gasteiger partial charge in [0.2, 0.25) is 5.91 Å². The summed E-state index contributed by atoms with van der Waals surface area (Å²) in [5, 5.41) is 10.8. The van der Waals surface area contributed by atoms with Crippen molar-refractivity contribution >= 4 is 11.6 Å². The number of piperidine rings is 1. The van der Waals surface area contributed by atoms with Crippen LogP contribution in [0.25, 0.3) is 0 Å². The minimum absolute atomic E-state index is 0.0408. The zero-order valence-electron chi connectivity index (χ0n) is 24.5. The molecule has 1 aliphatic heterocycles. The number of benzene rings is 2. The van der Waals surface area contributed by atoms with Gasteiger partial charge in [0, 0.05) is 43.2 Å². The van der Waals surface area contributed by atoms with Crippen molar-refractivity contribution in [2.75, 3.05) is 24.5 Å². The van der Waals surface area contributed by atoms with Gasteiger partial charge in [0.25, 0.3) is 0 Å². The zero-order chi connectivity index (χ0) is 27.2. The third-order valence-electron chi connectivity index (χ3n) is 4.30. The minimum Gasteiger partial charge on any atom is -0.387 e. The molecular weight excluding hydrogens is 324 g/mol. The van der Waals surface area contributed by atoms with Crippen LogP contribution in [0.3, 0.4) is 0 Å². The lowest BCUT2D eigenvalue weighted by atomic mass is 10.0. The number of carbonyl (C=O) groups excluding carboxylic acids is 1. The number of β-amino-alcohol motifs (C(OH)–C–C–N with tert-alkyl or cyclic N) is 1. The molecule has 2 aromatic rings. The number of nitrogens with zero attached hydrogens (tertiary/aromatic N) is 2. The van der Waals surface area contributed by atoms with Gasteiger partial charge in [0.05, 0.1) is 14.3 Å². The molecular formula is C22H28N2O2. The van der Waals surface area contributed by atoms with Gasteiger partial charge in [-0.15, -0.1) is 0 Å². The largest absolute Gasteiger partial charge is 0.387 e. The number of hydrogen-bond acceptors (Lipinski definition) is 3. The maximum Gasteiger partial charge on any atom is 0.226 e. The molecule has 0 bridgehead atoms. The van der Waals surface area contributed by atoms with Crippen LogP contribution >= 0.6 is 0 Å². The molecule has 0 saturated carbocycles. The van der Waals surface area contributed by atoms with E-state index in [4.69, 9.17) is 13.7 Å². The molecule has 1 saturated heterocycles. The number of para-hydroxylation sites is 1. The molecule has 0 radical (unpaired) electrons. The lowest BCUT2D eigenvalue weighted by molar-refractivity contribution is -0.119. The van der Waals surface area contributed by atoms with Crippen molar-refractivity contribution < 1.29 is 23.6 Å². The smallest absolute Gasteiger partial charge is 0.226 e. The summed E-state index contributed by atoms with van der Waals surface area (Å²) in [6, 6.07) is 3.70. The third kappa shape index (κ3) is 4.51. The molecule has 1 heterocycles. The molecule has 138 valence electrons. The summed E-state index contributed by atoms with van der Waals surface area (Å²) >= 11 is 0. The SMILES string of the molecule is [2H]c1c([2H])c([2H])c(N(C(=O)C([2H])([2H])C)C2CCN(C([2H])([2H])C([2H])(O)c3ccccc3)CC2)c([2H])c1[2H]. The van der Waals surface area contributed by atoms with E-state index >= 15 is 0 Å². The molecule has 2 aromatic carbocycles. The van der Waals surface area contributed by atoms with Crippen LogP contribution in [0, 0.1) is 0 Å². The van der Waals surface area contributed by atoms with E-state index in [0.29, 0.717) is 0 Å². The first-order chi connectivity index (χ1) is 16.5. The number of hydrogen-bond donors (Lipinski definition) is 1. The zero-order valence-corrected chi connectivity index (χ0v) is 14.5. The molecule has 1 atom stereocenters. The van der Waals surface area contributed by atoms with E-state index in [0.717, 1.165) is 11.8 Å². The van der Waals surface area contributed by atoms with Crippen molar-refractivity contribution in [2.24, 2.45) is 0 Å². The fraction of sp³-hybridized carbons (Fsp3) is 0.409. The maximum atomic E-state index is 13.2. The Bertz CT molecular complexity index is 1100. The Kier molecular flexibility index (Phi) is 3.34. The van der Waals surface area contributed by atoms with Crippen LogP contribution in [0.4, 0.5) is 5.69 Å². The highest BCUT2D eigenvalue weighted by atomic mass is 16.3. The summed E-state index contributed by atoms with van der Waals surface area (Å²) in [4.78, 5) is 15.3. The van der Waals surface area contributed by atoms with Gasteiger partial charge >= 0.3 is 0 Å². The molecule has 1 aliphatic rings. The predicted molar refractivity (Wildman–Crippen MR) is 105 cm³/mol. The van der Waals surface area contributed by atoms with Gasteiger partial charge in [-0.05, 0) is 30.5 Å². The van der Waals surface area contributed by atoms with Gasteiger partial charge in [-0.1, -0.05) is 55.4 Å². The molecule has 0 spiro atoms. The lowest BCUT2D eigenvalue weighted by Gasteiger charge is -2.39. The summed E-state index contributed by atoms with van der Waals surface area (Å²) in [6.07, 6.45) is -4.92. The first-order valence-electron chi connectivity index (χ1n) is 13.5. The highest BCUT2D eigenvalue weighted by Gasteiger charge is 2.29. The van der Waals surface area contributed by atoms with Gasteiger partial charge in [-0.3, -0.25) is 4.79 Å². The molecule has 1 unspecified atom stereocenters. The molecule has 26 heavy (non-hydrogen) atoms. The molecule has 1 fully saturated rings. The van der Waals surface area contributed by atoms with Gasteiger partial charge in [-0.2, -0.15) is 0 Å². The number of rotatable bonds is 6. The Morgan fingerprint density at radius 1 is 1.31 bits per heavy atom. The summed E-state index contributed by atoms with van der Waals surface area (Å²) < 4.78 is 81.6. The molecule has 1 N–H and O–H groups in total. The molecule has 0 aliphatic carbocycles. The predicted octanol–water partition coefficient (Wildman–Crippen LogP) is 3.63. The number of aliphatic hydroxyl groups is 1. The van der Waals surface area contributed by atoms with E-state index in [9.17, 15) is 9.90 Å². The van der Waals surface area contributed by atoms with E-state index in [1.165, 1.54) is 17.0 Å². The Morgan fingerprint density at radius 2 is 1.96 bits per heavy atom. The molecule has 4 nitrogen and oxygen atoms in total. The van der Waals surface area contributed by atoms with Crippen LogP contribution in [-0.4, -0.2) is 41.5 Å². The summed E-state index contributed by atoms with van der Waals surface area (Å²) in [7, 11) is 0. The van der Waals surface area contributed by atoms with Gasteiger partial charge < -0.3 is 14.9 Å². The summed E-state index contributed by atoms with van der Waals surface area (Å²) in [6.45, 7) is -1.59. The van der Waals surface area contributed by atoms with Crippen molar-refractivity contribution in [3.8, 4) is 0 Å². The topological polar surface area (TPSA) is 43.8 Å². The quantitative estimate of drug-likeness (QED) is 0.853. The number of carbonyl (C=O) groups is 1. The van der Waals surface area contributed by atoms with Crippen molar-refractivity contribution in [1.82, 2.24) is 4.90 Å². The molecule has 3 rings (SSSR count). The maximum absolute atomic E-state index is 13.2. The third-order valence-corrected chi connectivity index (χ3v) is 4.30. The monoisotopic (exact) mass is 362 g/mol. The van der Waals surface area contributed by atoms with Crippen molar-refractivity contribution in [3.05, 3.63) is 66.1 Å². The lowest BCUT2D eigenvalue weighted by Crippen LogP contribution is -2.48. The highest BCUT2D eigenvalue weighted by Crippen LogP contribution is 2.25. The van der Waals surface area contributed by atoms with Crippen molar-refractivity contribution in [1.29, 1.82) is 0 Å². The van der Waals surface area contributed by atoms with Crippen LogP contribution in [-0.2, 0) is 4.79 Å². The average molecular weight is 363 g/mol. The van der Waals surface area contributed by atoms with E-state index in [1.54, 1.807) is 18.2 Å². The molecule has 1 amide bonds. The van der Waals surface area contributed by atoms with Crippen molar-refractivity contribution in [3.63, 3.8) is 0 Å². The fourth-order valence-corrected chi connectivity index (χ4v) is 2.98. The van der Waals surface area contributed by atoms with Crippen LogP contribution in [0.15, 0.2) is 60.5 Å². The normalized spacial score (nSPS) is 24.8. The van der Waals surface area contributed by atoms with Gasteiger partial charge in [0.15, 0.2) is 0 Å². The first-order valence-corrected chi connectivity index (χ1v) is 8.47. The Morgan fingerprint density at radius 3 is 2.58 bits per heavy atom. The van der Waals surface area contributed by atoms with Crippen molar-refractivity contribution in [2.45, 2.75) is 38.3 Å². The van der Waals surface area contributed by atoms with Gasteiger partial charge in [-0.25, -0.2) is 0 Å². The standard InChI is InChI=1S/C22H28N2O2/c1-2-22(26)24(19-11-7-4-8-12-19)20-13-15-23(16-14-20)17-21(25)18-9-5-3-6-10-18/h3-12,20-21,25H,2,13-17H2,1H3/i2D2,4D,7D,8D,11D,12D,17D2,21D. The number of likely N-dealkylation sites (tertiary alicyclic amines) is 1. The average Bonchev–Trinajstić information content (AvgIpc) is 2.83. The van der Waals surface area contributed by atoms with Crippen LogP contribution in [0.1, 0.15) is 51.5 Å². The Labute approximate surface area is 170 Å². The van der Waals surface area contributed by atoms with E-state index in [2.05, 4.69) is 0 Å². The minimum atomic E-state index is -2.61. The highest BCUT2D eigenvalue weighted by molar-refractivity contribution is 5.93. The second-order valence-electron chi connectivity index (χ2n) is 5.94. The summed E-state index contributed by atoms with van der Waals surface area (Å²) in [5.74, 6) is -1.08. The van der Waals surface area contributed by atoms with Crippen LogP contribution < -0.4 is 4.90 Å². The summed E-state index contributed by atoms with van der Waals surface area (Å²) in [5.41, 5.74) is -0.369.